The maximum absolute atomic E-state index is 12.7. The summed E-state index contributed by atoms with van der Waals surface area (Å²) in [6, 6.07) is 10.2. The van der Waals surface area contributed by atoms with Crippen LogP contribution in [0, 0.1) is 0 Å². The van der Waals surface area contributed by atoms with Gasteiger partial charge in [-0.05, 0) is 65.2 Å². The number of amides is 2. The summed E-state index contributed by atoms with van der Waals surface area (Å²) in [6.45, 7) is 1.25. The van der Waals surface area contributed by atoms with Gasteiger partial charge in [0.15, 0.2) is 0 Å². The Labute approximate surface area is 181 Å². The van der Waals surface area contributed by atoms with E-state index in [4.69, 9.17) is 4.74 Å². The predicted molar refractivity (Wildman–Crippen MR) is 113 cm³/mol. The van der Waals surface area contributed by atoms with Crippen molar-refractivity contribution in [2.24, 2.45) is 0 Å². The number of pyridine rings is 1. The molecule has 2 aromatic heterocycles. The number of hydrogen-bond donors (Lipinski definition) is 2. The molecule has 3 heterocycles. The van der Waals surface area contributed by atoms with Gasteiger partial charge >= 0.3 is 0 Å². The molecule has 30 heavy (non-hydrogen) atoms. The van der Waals surface area contributed by atoms with Gasteiger partial charge in [-0.15, -0.1) is 10.2 Å². The van der Waals surface area contributed by atoms with E-state index < -0.39 is 0 Å². The van der Waals surface area contributed by atoms with E-state index in [1.54, 1.807) is 41.0 Å². The molecule has 0 radical (unpaired) electrons. The third-order valence-electron chi connectivity index (χ3n) is 4.65. The number of halogens is 1. The van der Waals surface area contributed by atoms with Gasteiger partial charge in [0.1, 0.15) is 24.2 Å². The van der Waals surface area contributed by atoms with Crippen LogP contribution in [0.1, 0.15) is 33.7 Å². The normalized spacial score (nSPS) is 15.7. The van der Waals surface area contributed by atoms with E-state index in [0.717, 1.165) is 19.4 Å². The van der Waals surface area contributed by atoms with Gasteiger partial charge in [0, 0.05) is 28.9 Å². The van der Waals surface area contributed by atoms with Crippen LogP contribution in [-0.4, -0.2) is 50.8 Å². The van der Waals surface area contributed by atoms with Crippen molar-refractivity contribution >= 4 is 33.4 Å². The first kappa shape index (κ1) is 20.2. The highest BCUT2D eigenvalue weighted by atomic mass is 79.9. The number of rotatable bonds is 6. The third kappa shape index (κ3) is 4.71. The molecule has 154 valence electrons. The van der Waals surface area contributed by atoms with Crippen molar-refractivity contribution in [3.8, 4) is 5.82 Å². The largest absolute Gasteiger partial charge is 0.376 e. The first-order valence-corrected chi connectivity index (χ1v) is 10.2. The quantitative estimate of drug-likeness (QED) is 0.572. The number of ether oxygens (including phenoxy) is 1. The highest BCUT2D eigenvalue weighted by Gasteiger charge is 2.17. The minimum Gasteiger partial charge on any atom is -0.376 e. The van der Waals surface area contributed by atoms with Crippen LogP contribution < -0.4 is 10.6 Å². The maximum Gasteiger partial charge on any atom is 0.275 e. The van der Waals surface area contributed by atoms with Crippen LogP contribution in [0.5, 0.6) is 0 Å². The number of aromatic nitrogens is 4. The first-order valence-electron chi connectivity index (χ1n) is 9.43. The Morgan fingerprint density at radius 2 is 1.87 bits per heavy atom. The van der Waals surface area contributed by atoms with Gasteiger partial charge in [0.05, 0.1) is 6.10 Å². The molecular formula is C20H19BrN6O3. The van der Waals surface area contributed by atoms with Crippen molar-refractivity contribution < 1.29 is 14.3 Å². The summed E-state index contributed by atoms with van der Waals surface area (Å²) < 4.78 is 7.67. The summed E-state index contributed by atoms with van der Waals surface area (Å²) in [4.78, 5) is 29.3. The maximum atomic E-state index is 12.7. The molecule has 3 aromatic rings. The molecule has 1 fully saturated rings. The second kappa shape index (κ2) is 9.14. The van der Waals surface area contributed by atoms with E-state index in [2.05, 4.69) is 41.7 Å². The number of nitrogens with one attached hydrogen (secondary N) is 2. The SMILES string of the molecule is O=C(NC[C@H]1CCCO1)c1ccc(NC(=O)c2nc(-n3cnnc3)ccc2Br)cc1. The van der Waals surface area contributed by atoms with Gasteiger partial charge in [-0.25, -0.2) is 4.98 Å². The first-order chi connectivity index (χ1) is 14.6. The molecule has 0 saturated carbocycles. The molecule has 1 aliphatic heterocycles. The lowest BCUT2D eigenvalue weighted by molar-refractivity contribution is 0.0857. The molecule has 0 unspecified atom stereocenters. The second-order valence-corrected chi connectivity index (χ2v) is 7.60. The Balaban J connectivity index is 1.40. The fourth-order valence-corrected chi connectivity index (χ4v) is 3.46. The zero-order valence-electron chi connectivity index (χ0n) is 15.9. The molecule has 0 aliphatic carbocycles. The molecule has 10 heteroatoms. The zero-order valence-corrected chi connectivity index (χ0v) is 17.5. The molecule has 4 rings (SSSR count). The van der Waals surface area contributed by atoms with Crippen LogP contribution in [0.3, 0.4) is 0 Å². The summed E-state index contributed by atoms with van der Waals surface area (Å²) in [5.74, 6) is -0.0339. The van der Waals surface area contributed by atoms with Gasteiger partial charge in [0.2, 0.25) is 0 Å². The molecule has 1 atom stereocenters. The van der Waals surface area contributed by atoms with Crippen LogP contribution in [-0.2, 0) is 4.74 Å². The van der Waals surface area contributed by atoms with Crippen molar-refractivity contribution in [3.05, 3.63) is 64.8 Å². The fraction of sp³-hybridized carbons (Fsp3) is 0.250. The number of nitrogens with zero attached hydrogens (tertiary/aromatic N) is 4. The average Bonchev–Trinajstić information content (AvgIpc) is 3.47. The number of hydrogen-bond acceptors (Lipinski definition) is 6. The number of carbonyl (C=O) groups is 2. The summed E-state index contributed by atoms with van der Waals surface area (Å²) in [6.07, 6.45) is 5.09. The Kier molecular flexibility index (Phi) is 6.15. The average molecular weight is 471 g/mol. The lowest BCUT2D eigenvalue weighted by Crippen LogP contribution is -2.31. The number of anilines is 1. The van der Waals surface area contributed by atoms with Gasteiger partial charge < -0.3 is 15.4 Å². The molecule has 1 aromatic carbocycles. The summed E-state index contributed by atoms with van der Waals surface area (Å²) in [5.41, 5.74) is 1.29. The lowest BCUT2D eigenvalue weighted by Gasteiger charge is -2.11. The van der Waals surface area contributed by atoms with Crippen LogP contribution in [0.2, 0.25) is 0 Å². The number of carbonyl (C=O) groups excluding carboxylic acids is 2. The summed E-state index contributed by atoms with van der Waals surface area (Å²) >= 11 is 3.36. The van der Waals surface area contributed by atoms with E-state index >= 15 is 0 Å². The minimum atomic E-state index is -0.382. The predicted octanol–water partition coefficient (Wildman–Crippen LogP) is 2.59. The molecule has 0 bridgehead atoms. The van der Waals surface area contributed by atoms with E-state index in [1.807, 2.05) is 0 Å². The van der Waals surface area contributed by atoms with Crippen molar-refractivity contribution in [2.75, 3.05) is 18.5 Å². The van der Waals surface area contributed by atoms with Crippen LogP contribution in [0.15, 0.2) is 53.5 Å². The Hall–Kier alpha value is -3.11. The van der Waals surface area contributed by atoms with Crippen molar-refractivity contribution in [3.63, 3.8) is 0 Å². The van der Waals surface area contributed by atoms with E-state index in [9.17, 15) is 9.59 Å². The highest BCUT2D eigenvalue weighted by Crippen LogP contribution is 2.19. The van der Waals surface area contributed by atoms with Gasteiger partial charge in [-0.3, -0.25) is 14.2 Å². The molecule has 0 spiro atoms. The van der Waals surface area contributed by atoms with Crippen molar-refractivity contribution in [2.45, 2.75) is 18.9 Å². The van der Waals surface area contributed by atoms with E-state index in [-0.39, 0.29) is 23.6 Å². The molecule has 1 saturated heterocycles. The highest BCUT2D eigenvalue weighted by molar-refractivity contribution is 9.10. The van der Waals surface area contributed by atoms with Crippen molar-refractivity contribution in [1.29, 1.82) is 0 Å². The Morgan fingerprint density at radius 1 is 1.10 bits per heavy atom. The van der Waals surface area contributed by atoms with Gasteiger partial charge in [-0.2, -0.15) is 0 Å². The van der Waals surface area contributed by atoms with Crippen molar-refractivity contribution in [1.82, 2.24) is 25.1 Å². The zero-order chi connectivity index (χ0) is 20.9. The van der Waals surface area contributed by atoms with Gasteiger partial charge in [0.25, 0.3) is 11.8 Å². The Morgan fingerprint density at radius 3 is 2.57 bits per heavy atom. The minimum absolute atomic E-state index is 0.0901. The standard InChI is InChI=1S/C20H19BrN6O3/c21-16-7-8-17(27-11-23-24-12-27)26-18(16)20(29)25-14-5-3-13(4-6-14)19(28)22-10-15-2-1-9-30-15/h3-8,11-12,15H,1-2,9-10H2,(H,22,28)(H,25,29)/t15-/m1/s1. The fourth-order valence-electron chi connectivity index (χ4n) is 3.06. The number of benzene rings is 1. The van der Waals surface area contributed by atoms with Crippen LogP contribution >= 0.6 is 15.9 Å². The molecule has 1 aliphatic rings. The molecular weight excluding hydrogens is 452 g/mol. The van der Waals surface area contributed by atoms with Crippen LogP contribution in [0.25, 0.3) is 5.82 Å². The molecule has 2 N–H and O–H groups in total. The third-order valence-corrected chi connectivity index (χ3v) is 5.29. The van der Waals surface area contributed by atoms with E-state index in [1.165, 1.54) is 12.7 Å². The topological polar surface area (TPSA) is 111 Å². The summed E-state index contributed by atoms with van der Waals surface area (Å²) in [5, 5.41) is 13.1. The second-order valence-electron chi connectivity index (χ2n) is 6.75. The summed E-state index contributed by atoms with van der Waals surface area (Å²) in [7, 11) is 0. The van der Waals surface area contributed by atoms with Gasteiger partial charge in [-0.1, -0.05) is 0 Å². The lowest BCUT2D eigenvalue weighted by atomic mass is 10.1. The molecule has 9 nitrogen and oxygen atoms in total. The van der Waals surface area contributed by atoms with Crippen LogP contribution in [0.4, 0.5) is 5.69 Å². The smallest absolute Gasteiger partial charge is 0.275 e. The van der Waals surface area contributed by atoms with E-state index in [0.29, 0.717) is 28.1 Å². The Bertz CT molecular complexity index is 1030. The molecule has 2 amide bonds. The monoisotopic (exact) mass is 470 g/mol.